The number of nitrogens with one attached hydrogen (secondary N) is 1. The Bertz CT molecular complexity index is 585. The third-order valence-corrected chi connectivity index (χ3v) is 4.47. The fourth-order valence-electron chi connectivity index (χ4n) is 2.19. The summed E-state index contributed by atoms with van der Waals surface area (Å²) in [5, 5.41) is 15.4. The maximum absolute atomic E-state index is 11.8. The molecule has 1 unspecified atom stereocenters. The summed E-state index contributed by atoms with van der Waals surface area (Å²) >= 11 is 7.60. The average molecular weight is 310 g/mol. The van der Waals surface area contributed by atoms with Crippen LogP contribution in [-0.2, 0) is 16.9 Å². The molecule has 0 saturated heterocycles. The molecule has 1 atom stereocenters. The van der Waals surface area contributed by atoms with Crippen LogP contribution in [0.5, 0.6) is 0 Å². The number of carboxylic acids is 1. The maximum atomic E-state index is 11.8. The summed E-state index contributed by atoms with van der Waals surface area (Å²) in [6.07, 6.45) is 0.439. The second-order valence-electron chi connectivity index (χ2n) is 4.51. The van der Waals surface area contributed by atoms with Gasteiger partial charge in [0.15, 0.2) is 0 Å². The summed E-state index contributed by atoms with van der Waals surface area (Å²) in [4.78, 5) is 12.9. The third kappa shape index (κ3) is 3.03. The van der Waals surface area contributed by atoms with E-state index in [1.54, 1.807) is 35.6 Å². The lowest BCUT2D eigenvalue weighted by Crippen LogP contribution is -2.48. The van der Waals surface area contributed by atoms with E-state index in [4.69, 9.17) is 11.6 Å². The van der Waals surface area contributed by atoms with Crippen molar-refractivity contribution in [2.45, 2.75) is 25.4 Å². The Morgan fingerprint density at radius 2 is 2.20 bits per heavy atom. The van der Waals surface area contributed by atoms with Gasteiger partial charge < -0.3 is 5.11 Å². The van der Waals surface area contributed by atoms with E-state index in [-0.39, 0.29) is 0 Å². The molecule has 0 spiro atoms. The second kappa shape index (κ2) is 6.39. The molecule has 0 amide bonds. The van der Waals surface area contributed by atoms with Gasteiger partial charge >= 0.3 is 5.97 Å². The zero-order valence-electron chi connectivity index (χ0n) is 11.1. The van der Waals surface area contributed by atoms with Crippen LogP contribution in [0.1, 0.15) is 23.8 Å². The normalized spacial score (nSPS) is 13.9. The van der Waals surface area contributed by atoms with Crippen LogP contribution in [0.25, 0.3) is 0 Å². The summed E-state index contributed by atoms with van der Waals surface area (Å²) in [5.41, 5.74) is -0.439. The van der Waals surface area contributed by atoms with Gasteiger partial charge in [-0.1, -0.05) is 36.7 Å². The van der Waals surface area contributed by atoms with Gasteiger partial charge in [-0.15, -0.1) is 11.3 Å². The Hall–Kier alpha value is -1.36. The molecule has 0 aliphatic rings. The Morgan fingerprint density at radius 3 is 2.75 bits per heavy atom. The number of halogens is 1. The van der Waals surface area contributed by atoms with Gasteiger partial charge in [-0.05, 0) is 35.6 Å². The van der Waals surface area contributed by atoms with Crippen LogP contribution < -0.4 is 5.32 Å². The molecule has 0 saturated carbocycles. The van der Waals surface area contributed by atoms with Gasteiger partial charge in [-0.25, -0.2) is 4.79 Å². The maximum Gasteiger partial charge on any atom is 0.328 e. The third-order valence-electron chi connectivity index (χ3n) is 3.36. The van der Waals surface area contributed by atoms with Crippen LogP contribution >= 0.6 is 22.9 Å². The molecular weight excluding hydrogens is 294 g/mol. The minimum atomic E-state index is -1.12. The Morgan fingerprint density at radius 1 is 1.40 bits per heavy atom. The first-order valence-electron chi connectivity index (χ1n) is 6.35. The Kier molecular flexibility index (Phi) is 4.81. The van der Waals surface area contributed by atoms with Gasteiger partial charge in [-0.3, -0.25) is 5.32 Å². The molecule has 106 valence electrons. The highest BCUT2D eigenvalue weighted by Crippen LogP contribution is 2.28. The van der Waals surface area contributed by atoms with Crippen molar-refractivity contribution in [1.82, 2.24) is 5.32 Å². The lowest BCUT2D eigenvalue weighted by Gasteiger charge is -2.30. The van der Waals surface area contributed by atoms with Crippen LogP contribution in [0.15, 0.2) is 41.8 Å². The predicted molar refractivity (Wildman–Crippen MR) is 82.2 cm³/mol. The highest BCUT2D eigenvalue weighted by atomic mass is 35.5. The van der Waals surface area contributed by atoms with Gasteiger partial charge in [0.05, 0.1) is 0 Å². The smallest absolute Gasteiger partial charge is 0.328 e. The molecule has 1 heterocycles. The van der Waals surface area contributed by atoms with Crippen molar-refractivity contribution in [3.63, 3.8) is 0 Å². The van der Waals surface area contributed by atoms with E-state index in [0.29, 0.717) is 23.6 Å². The van der Waals surface area contributed by atoms with Crippen molar-refractivity contribution >= 4 is 28.9 Å². The minimum absolute atomic E-state index is 0.439. The van der Waals surface area contributed by atoms with E-state index < -0.39 is 11.5 Å². The highest BCUT2D eigenvalue weighted by Gasteiger charge is 2.38. The number of rotatable bonds is 6. The standard InChI is InChI=1S/C15H16ClNO2S/c1-2-15(14(18)19,11-5-3-6-12(16)9-11)17-10-13-7-4-8-20-13/h3-9,17H,2,10H2,1H3,(H,18,19). The topological polar surface area (TPSA) is 49.3 Å². The molecule has 1 aromatic heterocycles. The van der Waals surface area contributed by atoms with Crippen molar-refractivity contribution < 1.29 is 9.90 Å². The minimum Gasteiger partial charge on any atom is -0.480 e. The zero-order valence-corrected chi connectivity index (χ0v) is 12.7. The summed E-state index contributed by atoms with van der Waals surface area (Å²) in [5.74, 6) is -0.890. The van der Waals surface area contributed by atoms with Crippen LogP contribution in [0, 0.1) is 0 Å². The predicted octanol–water partition coefficient (Wildman–Crippen LogP) is 3.88. The van der Waals surface area contributed by atoms with Gasteiger partial charge in [0.1, 0.15) is 5.54 Å². The fourth-order valence-corrected chi connectivity index (χ4v) is 3.02. The largest absolute Gasteiger partial charge is 0.480 e. The number of carboxylic acid groups (broad SMARTS) is 1. The van der Waals surface area contributed by atoms with Crippen molar-refractivity contribution in [1.29, 1.82) is 0 Å². The number of hydrogen-bond donors (Lipinski definition) is 2. The fraction of sp³-hybridized carbons (Fsp3) is 0.267. The molecule has 0 aliphatic heterocycles. The highest BCUT2D eigenvalue weighted by molar-refractivity contribution is 7.09. The van der Waals surface area contributed by atoms with E-state index >= 15 is 0 Å². The molecule has 2 rings (SSSR count). The van der Waals surface area contributed by atoms with Crippen molar-refractivity contribution in [3.8, 4) is 0 Å². The lowest BCUT2D eigenvalue weighted by atomic mass is 9.87. The van der Waals surface area contributed by atoms with E-state index in [1.165, 1.54) is 0 Å². The van der Waals surface area contributed by atoms with Crippen molar-refractivity contribution in [2.24, 2.45) is 0 Å². The molecule has 5 heteroatoms. The van der Waals surface area contributed by atoms with Crippen LogP contribution in [-0.4, -0.2) is 11.1 Å². The molecule has 0 radical (unpaired) electrons. The van der Waals surface area contributed by atoms with Crippen LogP contribution in [0.3, 0.4) is 0 Å². The number of aliphatic carboxylic acids is 1. The number of hydrogen-bond acceptors (Lipinski definition) is 3. The molecule has 0 aliphatic carbocycles. The first kappa shape index (κ1) is 15.0. The van der Waals surface area contributed by atoms with Crippen LogP contribution in [0.4, 0.5) is 0 Å². The molecule has 2 aromatic rings. The van der Waals surface area contributed by atoms with Crippen molar-refractivity contribution in [2.75, 3.05) is 0 Å². The summed E-state index contributed by atoms with van der Waals surface area (Å²) in [6.45, 7) is 2.38. The van der Waals surface area contributed by atoms with E-state index in [2.05, 4.69) is 5.32 Å². The van der Waals surface area contributed by atoms with Crippen molar-refractivity contribution in [3.05, 3.63) is 57.2 Å². The van der Waals surface area contributed by atoms with E-state index in [9.17, 15) is 9.90 Å². The molecular formula is C15H16ClNO2S. The second-order valence-corrected chi connectivity index (χ2v) is 5.98. The van der Waals surface area contributed by atoms with Gasteiger partial charge in [-0.2, -0.15) is 0 Å². The first-order chi connectivity index (χ1) is 9.58. The van der Waals surface area contributed by atoms with Gasteiger partial charge in [0.2, 0.25) is 0 Å². The Labute approximate surface area is 127 Å². The van der Waals surface area contributed by atoms with Crippen LogP contribution in [0.2, 0.25) is 5.02 Å². The molecule has 20 heavy (non-hydrogen) atoms. The number of benzene rings is 1. The molecule has 0 fully saturated rings. The number of carbonyl (C=O) groups is 1. The first-order valence-corrected chi connectivity index (χ1v) is 7.61. The molecule has 2 N–H and O–H groups in total. The average Bonchev–Trinajstić information content (AvgIpc) is 2.93. The SMILES string of the molecule is CCC(NCc1cccs1)(C(=O)O)c1cccc(Cl)c1. The number of thiophene rings is 1. The quantitative estimate of drug-likeness (QED) is 0.851. The monoisotopic (exact) mass is 309 g/mol. The molecule has 0 bridgehead atoms. The lowest BCUT2D eigenvalue weighted by molar-refractivity contribution is -0.145. The van der Waals surface area contributed by atoms with E-state index in [1.807, 2.05) is 24.4 Å². The summed E-state index contributed by atoms with van der Waals surface area (Å²) in [6, 6.07) is 11.0. The summed E-state index contributed by atoms with van der Waals surface area (Å²) < 4.78 is 0. The Balaban J connectivity index is 2.32. The summed E-state index contributed by atoms with van der Waals surface area (Å²) in [7, 11) is 0. The van der Waals surface area contributed by atoms with E-state index in [0.717, 1.165) is 4.88 Å². The molecule has 1 aromatic carbocycles. The molecule has 3 nitrogen and oxygen atoms in total. The van der Waals surface area contributed by atoms with Gasteiger partial charge in [0, 0.05) is 16.4 Å². The van der Waals surface area contributed by atoms with Gasteiger partial charge in [0.25, 0.3) is 0 Å². The zero-order chi connectivity index (χ0) is 14.6.